The Balaban J connectivity index is 2.98. The number of alkyl halides is 3. The molecule has 0 saturated heterocycles. The van der Waals surface area contributed by atoms with Gasteiger partial charge in [-0.3, -0.25) is 9.59 Å². The van der Waals surface area contributed by atoms with E-state index in [1.807, 2.05) is 5.32 Å². The first-order chi connectivity index (χ1) is 9.40. The molecule has 0 unspecified atom stereocenters. The van der Waals surface area contributed by atoms with Crippen molar-refractivity contribution in [1.82, 2.24) is 5.32 Å². The molecule has 0 radical (unpaired) electrons. The third-order valence-electron chi connectivity index (χ3n) is 2.23. The molecule has 116 valence electrons. The van der Waals surface area contributed by atoms with Crippen molar-refractivity contribution in [3.8, 4) is 0 Å². The van der Waals surface area contributed by atoms with Crippen molar-refractivity contribution in [2.24, 2.45) is 0 Å². The van der Waals surface area contributed by atoms with Gasteiger partial charge < -0.3 is 10.6 Å². The molecule has 0 saturated carbocycles. The van der Waals surface area contributed by atoms with Crippen molar-refractivity contribution in [2.75, 3.05) is 5.32 Å². The summed E-state index contributed by atoms with van der Waals surface area (Å²) in [6.07, 6.45) is -4.70. The van der Waals surface area contributed by atoms with Gasteiger partial charge in [0.05, 0.1) is 11.3 Å². The van der Waals surface area contributed by atoms with Crippen LogP contribution in [0.4, 0.5) is 18.9 Å². The average molecular weight is 323 g/mol. The lowest BCUT2D eigenvalue weighted by atomic mass is 10.1. The van der Waals surface area contributed by atoms with Crippen LogP contribution >= 0.6 is 11.6 Å². The Bertz CT molecular complexity index is 566. The maximum Gasteiger partial charge on any atom is 0.418 e. The van der Waals surface area contributed by atoms with Gasteiger partial charge in [-0.2, -0.15) is 13.2 Å². The van der Waals surface area contributed by atoms with Gasteiger partial charge in [0.25, 0.3) is 0 Å². The second-order valence-corrected chi connectivity index (χ2v) is 5.78. The number of rotatable bonds is 1. The number of carbonyl (C=O) groups is 2. The molecule has 0 aliphatic rings. The van der Waals surface area contributed by atoms with E-state index in [9.17, 15) is 22.8 Å². The van der Waals surface area contributed by atoms with Crippen LogP contribution in [0.15, 0.2) is 18.2 Å². The van der Waals surface area contributed by atoms with E-state index in [4.69, 9.17) is 11.6 Å². The average Bonchev–Trinajstić information content (AvgIpc) is 2.27. The molecule has 0 fully saturated rings. The Labute approximate surface area is 124 Å². The second kappa shape index (κ2) is 5.93. The van der Waals surface area contributed by atoms with Crippen molar-refractivity contribution in [2.45, 2.75) is 32.5 Å². The van der Waals surface area contributed by atoms with E-state index in [0.29, 0.717) is 6.07 Å². The lowest BCUT2D eigenvalue weighted by Gasteiger charge is -2.20. The Morgan fingerprint density at radius 3 is 2.14 bits per heavy atom. The van der Waals surface area contributed by atoms with E-state index in [2.05, 4.69) is 5.32 Å². The van der Waals surface area contributed by atoms with Crippen LogP contribution in [0.2, 0.25) is 5.02 Å². The van der Waals surface area contributed by atoms with E-state index in [1.54, 1.807) is 20.8 Å². The minimum Gasteiger partial charge on any atom is -0.343 e. The highest BCUT2D eigenvalue weighted by atomic mass is 35.5. The molecule has 0 heterocycles. The maximum absolute atomic E-state index is 12.8. The van der Waals surface area contributed by atoms with Gasteiger partial charge in [0.2, 0.25) is 0 Å². The van der Waals surface area contributed by atoms with Gasteiger partial charge in [0.1, 0.15) is 0 Å². The SMILES string of the molecule is CC(C)(C)NC(=O)C(=O)Nc1ccc(Cl)cc1C(F)(F)F. The van der Waals surface area contributed by atoms with Crippen LogP contribution < -0.4 is 10.6 Å². The first kappa shape index (κ1) is 17.3. The molecule has 8 heteroatoms. The highest BCUT2D eigenvalue weighted by Gasteiger charge is 2.34. The van der Waals surface area contributed by atoms with Gasteiger partial charge >= 0.3 is 18.0 Å². The molecular weight excluding hydrogens is 309 g/mol. The predicted octanol–water partition coefficient (Wildman–Crippen LogP) is 3.21. The third kappa shape index (κ3) is 5.26. The lowest BCUT2D eigenvalue weighted by molar-refractivity contribution is -0.138. The Morgan fingerprint density at radius 2 is 1.67 bits per heavy atom. The van der Waals surface area contributed by atoms with Crippen LogP contribution in [-0.2, 0) is 15.8 Å². The maximum atomic E-state index is 12.8. The van der Waals surface area contributed by atoms with Crippen molar-refractivity contribution in [1.29, 1.82) is 0 Å². The minimum atomic E-state index is -4.70. The predicted molar refractivity (Wildman–Crippen MR) is 73.0 cm³/mol. The summed E-state index contributed by atoms with van der Waals surface area (Å²) in [5.41, 5.74) is -2.32. The normalized spacial score (nSPS) is 12.0. The summed E-state index contributed by atoms with van der Waals surface area (Å²) in [6, 6.07) is 2.86. The van der Waals surface area contributed by atoms with Crippen LogP contribution in [0.5, 0.6) is 0 Å². The minimum absolute atomic E-state index is 0.125. The van der Waals surface area contributed by atoms with E-state index in [0.717, 1.165) is 6.07 Å². The molecule has 0 aliphatic heterocycles. The fourth-order valence-electron chi connectivity index (χ4n) is 1.44. The van der Waals surface area contributed by atoms with E-state index in [1.165, 1.54) is 6.07 Å². The van der Waals surface area contributed by atoms with Crippen LogP contribution in [-0.4, -0.2) is 17.4 Å². The summed E-state index contributed by atoms with van der Waals surface area (Å²) in [6.45, 7) is 4.92. The Morgan fingerprint density at radius 1 is 1.10 bits per heavy atom. The Hall–Kier alpha value is -1.76. The number of hydrogen-bond acceptors (Lipinski definition) is 2. The van der Waals surface area contributed by atoms with Gasteiger partial charge in [0, 0.05) is 10.6 Å². The van der Waals surface area contributed by atoms with Crippen LogP contribution in [0.25, 0.3) is 0 Å². The number of nitrogens with one attached hydrogen (secondary N) is 2. The zero-order valence-electron chi connectivity index (χ0n) is 11.6. The number of anilines is 1. The fourth-order valence-corrected chi connectivity index (χ4v) is 1.61. The van der Waals surface area contributed by atoms with Gasteiger partial charge in [-0.05, 0) is 39.0 Å². The van der Waals surface area contributed by atoms with E-state index in [-0.39, 0.29) is 5.02 Å². The van der Waals surface area contributed by atoms with Gasteiger partial charge in [-0.1, -0.05) is 11.6 Å². The zero-order chi connectivity index (χ0) is 16.4. The molecule has 1 aromatic rings. The van der Waals surface area contributed by atoms with Crippen molar-refractivity contribution >= 4 is 29.1 Å². The first-order valence-corrected chi connectivity index (χ1v) is 6.28. The quantitative estimate of drug-likeness (QED) is 0.780. The summed E-state index contributed by atoms with van der Waals surface area (Å²) < 4.78 is 38.5. The molecule has 1 aromatic carbocycles. The summed E-state index contributed by atoms with van der Waals surface area (Å²) >= 11 is 5.52. The van der Waals surface area contributed by atoms with Gasteiger partial charge in [-0.15, -0.1) is 0 Å². The lowest BCUT2D eigenvalue weighted by Crippen LogP contribution is -2.46. The first-order valence-electron chi connectivity index (χ1n) is 5.90. The highest BCUT2D eigenvalue weighted by Crippen LogP contribution is 2.36. The molecule has 1 rings (SSSR count). The van der Waals surface area contributed by atoms with Gasteiger partial charge in [-0.25, -0.2) is 0 Å². The zero-order valence-corrected chi connectivity index (χ0v) is 12.3. The summed E-state index contributed by atoms with van der Waals surface area (Å²) in [5.74, 6) is -2.21. The molecule has 2 amide bonds. The molecule has 21 heavy (non-hydrogen) atoms. The Kier molecular flexibility index (Phi) is 4.88. The van der Waals surface area contributed by atoms with Crippen molar-refractivity contribution < 1.29 is 22.8 Å². The number of hydrogen-bond donors (Lipinski definition) is 2. The molecule has 2 N–H and O–H groups in total. The van der Waals surface area contributed by atoms with E-state index < -0.39 is 34.8 Å². The standard InChI is InChI=1S/C13H14ClF3N2O2/c1-12(2,3)19-11(21)10(20)18-9-5-4-7(14)6-8(9)13(15,16)17/h4-6H,1-3H3,(H,18,20)(H,19,21). The number of carbonyl (C=O) groups excluding carboxylic acids is 2. The summed E-state index contributed by atoms with van der Waals surface area (Å²) in [7, 11) is 0. The van der Waals surface area contributed by atoms with Gasteiger partial charge in [0.15, 0.2) is 0 Å². The molecular formula is C13H14ClF3N2O2. The second-order valence-electron chi connectivity index (χ2n) is 5.35. The number of amides is 2. The molecule has 0 bridgehead atoms. The highest BCUT2D eigenvalue weighted by molar-refractivity contribution is 6.40. The summed E-state index contributed by atoms with van der Waals surface area (Å²) in [5, 5.41) is 4.16. The monoisotopic (exact) mass is 322 g/mol. The number of halogens is 4. The molecule has 0 spiro atoms. The molecule has 0 atom stereocenters. The smallest absolute Gasteiger partial charge is 0.343 e. The molecule has 4 nitrogen and oxygen atoms in total. The topological polar surface area (TPSA) is 58.2 Å². The molecule has 0 aromatic heterocycles. The molecule has 0 aliphatic carbocycles. The number of benzene rings is 1. The van der Waals surface area contributed by atoms with Crippen LogP contribution in [0, 0.1) is 0 Å². The van der Waals surface area contributed by atoms with Crippen molar-refractivity contribution in [3.05, 3.63) is 28.8 Å². The van der Waals surface area contributed by atoms with Crippen molar-refractivity contribution in [3.63, 3.8) is 0 Å². The van der Waals surface area contributed by atoms with Crippen LogP contribution in [0.3, 0.4) is 0 Å². The van der Waals surface area contributed by atoms with E-state index >= 15 is 0 Å². The fraction of sp³-hybridized carbons (Fsp3) is 0.385. The van der Waals surface area contributed by atoms with Crippen LogP contribution in [0.1, 0.15) is 26.3 Å². The third-order valence-corrected chi connectivity index (χ3v) is 2.47. The largest absolute Gasteiger partial charge is 0.418 e. The summed E-state index contributed by atoms with van der Waals surface area (Å²) in [4.78, 5) is 23.2.